The highest BCUT2D eigenvalue weighted by Crippen LogP contribution is 2.36. The van der Waals surface area contributed by atoms with E-state index in [1.54, 1.807) is 14.0 Å². The summed E-state index contributed by atoms with van der Waals surface area (Å²) in [5.41, 5.74) is 1.85. The molecule has 1 fully saturated rings. The maximum Gasteiger partial charge on any atom is 0.341 e. The third kappa shape index (κ3) is 5.12. The summed E-state index contributed by atoms with van der Waals surface area (Å²) in [7, 11) is 1.59. The van der Waals surface area contributed by atoms with Crippen LogP contribution < -0.4 is 20.3 Å². The van der Waals surface area contributed by atoms with Gasteiger partial charge in [-0.25, -0.2) is 4.79 Å². The molecule has 1 aromatic carbocycles. The first-order chi connectivity index (χ1) is 14.0. The number of nitrogens with one attached hydrogen (secondary N) is 3. The monoisotopic (exact) mass is 418 g/mol. The lowest BCUT2D eigenvalue weighted by Gasteiger charge is -2.22. The predicted molar refractivity (Wildman–Crippen MR) is 109 cm³/mol. The number of hydrogen-bond acceptors (Lipinski definition) is 6. The molecule has 1 atom stereocenters. The van der Waals surface area contributed by atoms with Crippen LogP contribution in [0.5, 0.6) is 5.75 Å². The third-order valence-electron chi connectivity index (χ3n) is 4.55. The minimum atomic E-state index is -0.487. The highest BCUT2D eigenvalue weighted by atomic mass is 32.1. The zero-order chi connectivity index (χ0) is 20.8. The van der Waals surface area contributed by atoms with Crippen molar-refractivity contribution >= 4 is 34.1 Å². The summed E-state index contributed by atoms with van der Waals surface area (Å²) >= 11 is 1.27. The molecule has 1 aliphatic heterocycles. The van der Waals surface area contributed by atoms with Gasteiger partial charge in [-0.3, -0.25) is 9.59 Å². The number of esters is 1. The number of carbonyl (C=O) groups is 3. The van der Waals surface area contributed by atoms with E-state index in [2.05, 4.69) is 10.6 Å². The number of benzene rings is 1. The van der Waals surface area contributed by atoms with E-state index in [4.69, 9.17) is 9.47 Å². The number of piperazine rings is 1. The van der Waals surface area contributed by atoms with E-state index >= 15 is 0 Å². The van der Waals surface area contributed by atoms with Crippen molar-refractivity contribution < 1.29 is 28.8 Å². The second-order valence-corrected chi connectivity index (χ2v) is 7.43. The van der Waals surface area contributed by atoms with Crippen molar-refractivity contribution in [2.75, 3.05) is 45.2 Å². The van der Waals surface area contributed by atoms with Gasteiger partial charge < -0.3 is 25.0 Å². The fraction of sp³-hybridized carbons (Fsp3) is 0.350. The number of ether oxygens (including phenoxy) is 2. The molecule has 0 saturated carbocycles. The van der Waals surface area contributed by atoms with Crippen molar-refractivity contribution in [3.63, 3.8) is 0 Å². The van der Waals surface area contributed by atoms with Gasteiger partial charge in [-0.05, 0) is 24.6 Å². The molecule has 1 unspecified atom stereocenters. The number of amides is 2. The molecule has 0 spiro atoms. The molecule has 2 amide bonds. The molecule has 154 valence electrons. The van der Waals surface area contributed by atoms with Crippen LogP contribution in [0.25, 0.3) is 11.1 Å². The van der Waals surface area contributed by atoms with Crippen molar-refractivity contribution in [2.45, 2.75) is 6.92 Å². The second-order valence-electron chi connectivity index (χ2n) is 6.55. The number of rotatable bonds is 7. The summed E-state index contributed by atoms with van der Waals surface area (Å²) in [5.74, 6) is -0.0872. The number of anilines is 1. The Morgan fingerprint density at radius 2 is 2.03 bits per heavy atom. The standard InChI is InChI=1S/C20H23N3O5S/c1-3-28-20(26)18-15(13-4-6-14(27-2)7-5-13)12-29-19(18)22-17(25)11-23-9-8-21-16(24)10-23/h4-7,12H,3,8-11H2,1-2H3,(H,21,24)(H,22,25)/p+1. The Hall–Kier alpha value is -2.91. The average Bonchev–Trinajstić information content (AvgIpc) is 3.11. The Morgan fingerprint density at radius 1 is 1.28 bits per heavy atom. The summed E-state index contributed by atoms with van der Waals surface area (Å²) in [4.78, 5) is 37.5. The van der Waals surface area contributed by atoms with Gasteiger partial charge >= 0.3 is 5.97 Å². The molecule has 0 radical (unpaired) electrons. The summed E-state index contributed by atoms with van der Waals surface area (Å²) in [6.45, 7) is 3.63. The van der Waals surface area contributed by atoms with Crippen LogP contribution in [-0.2, 0) is 14.3 Å². The van der Waals surface area contributed by atoms with Crippen LogP contribution in [0.3, 0.4) is 0 Å². The molecule has 3 N–H and O–H groups in total. The van der Waals surface area contributed by atoms with Gasteiger partial charge in [-0.15, -0.1) is 11.3 Å². The van der Waals surface area contributed by atoms with Crippen molar-refractivity contribution in [3.8, 4) is 16.9 Å². The van der Waals surface area contributed by atoms with Gasteiger partial charge in [0.1, 0.15) is 16.3 Å². The summed E-state index contributed by atoms with van der Waals surface area (Å²) in [6.07, 6.45) is 0. The maximum atomic E-state index is 12.6. The molecule has 9 heteroatoms. The van der Waals surface area contributed by atoms with Crippen LogP contribution in [0.15, 0.2) is 29.6 Å². The number of thiophene rings is 1. The summed E-state index contributed by atoms with van der Waals surface area (Å²) in [5, 5.41) is 7.84. The first-order valence-electron chi connectivity index (χ1n) is 9.35. The molecule has 1 aromatic heterocycles. The maximum absolute atomic E-state index is 12.6. The van der Waals surface area contributed by atoms with Crippen LogP contribution in [-0.4, -0.2) is 57.7 Å². The molecule has 2 heterocycles. The topological polar surface area (TPSA) is 98.2 Å². The van der Waals surface area contributed by atoms with Crippen LogP contribution in [0.4, 0.5) is 5.00 Å². The van der Waals surface area contributed by atoms with Gasteiger partial charge in [0.05, 0.1) is 26.8 Å². The first kappa shape index (κ1) is 20.8. The van der Waals surface area contributed by atoms with Crippen LogP contribution >= 0.6 is 11.3 Å². The van der Waals surface area contributed by atoms with Crippen molar-refractivity contribution in [1.82, 2.24) is 5.32 Å². The highest BCUT2D eigenvalue weighted by molar-refractivity contribution is 7.15. The molecule has 1 saturated heterocycles. The van der Waals surface area contributed by atoms with E-state index in [0.29, 0.717) is 35.0 Å². The van der Waals surface area contributed by atoms with E-state index in [1.807, 2.05) is 29.6 Å². The number of methoxy groups -OCH3 is 1. The minimum absolute atomic E-state index is 0.0656. The van der Waals surface area contributed by atoms with Crippen molar-refractivity contribution in [2.24, 2.45) is 0 Å². The molecule has 8 nitrogen and oxygen atoms in total. The summed E-state index contributed by atoms with van der Waals surface area (Å²) in [6, 6.07) is 7.33. The fourth-order valence-electron chi connectivity index (χ4n) is 3.14. The minimum Gasteiger partial charge on any atom is -0.497 e. The van der Waals surface area contributed by atoms with Gasteiger partial charge in [-0.1, -0.05) is 12.1 Å². The van der Waals surface area contributed by atoms with E-state index in [0.717, 1.165) is 10.5 Å². The van der Waals surface area contributed by atoms with E-state index in [1.165, 1.54) is 11.3 Å². The average molecular weight is 418 g/mol. The normalized spacial score (nSPS) is 16.1. The zero-order valence-electron chi connectivity index (χ0n) is 16.4. The molecule has 2 aromatic rings. The van der Waals surface area contributed by atoms with Crippen LogP contribution in [0.2, 0.25) is 0 Å². The van der Waals surface area contributed by atoms with Crippen molar-refractivity contribution in [3.05, 3.63) is 35.2 Å². The Bertz CT molecular complexity index is 894. The fourth-order valence-corrected chi connectivity index (χ4v) is 4.12. The van der Waals surface area contributed by atoms with Crippen LogP contribution in [0.1, 0.15) is 17.3 Å². The van der Waals surface area contributed by atoms with Gasteiger partial charge in [0.2, 0.25) is 0 Å². The number of hydrogen-bond donors (Lipinski definition) is 3. The van der Waals surface area contributed by atoms with E-state index in [-0.39, 0.29) is 31.5 Å². The predicted octanol–water partition coefficient (Wildman–Crippen LogP) is 0.554. The van der Waals surface area contributed by atoms with E-state index < -0.39 is 5.97 Å². The SMILES string of the molecule is CCOC(=O)c1c(-c2ccc(OC)cc2)csc1NC(=O)C[NH+]1CCNC(=O)C1. The van der Waals surface area contributed by atoms with E-state index in [9.17, 15) is 14.4 Å². The van der Waals surface area contributed by atoms with Gasteiger partial charge in [0.25, 0.3) is 11.8 Å². The molecule has 3 rings (SSSR count). The van der Waals surface area contributed by atoms with Crippen LogP contribution in [0, 0.1) is 0 Å². The molecule has 1 aliphatic rings. The van der Waals surface area contributed by atoms with Gasteiger partial charge in [0.15, 0.2) is 13.1 Å². The lowest BCUT2D eigenvalue weighted by molar-refractivity contribution is -0.885. The third-order valence-corrected chi connectivity index (χ3v) is 5.44. The number of quaternary nitrogens is 1. The highest BCUT2D eigenvalue weighted by Gasteiger charge is 2.26. The number of carbonyl (C=O) groups excluding carboxylic acids is 3. The first-order valence-corrected chi connectivity index (χ1v) is 10.2. The van der Waals surface area contributed by atoms with Gasteiger partial charge in [-0.2, -0.15) is 0 Å². The lowest BCUT2D eigenvalue weighted by atomic mass is 10.0. The molecular formula is C20H24N3O5S+. The quantitative estimate of drug-likeness (QED) is 0.571. The molecule has 0 aliphatic carbocycles. The van der Waals surface area contributed by atoms with Crippen molar-refractivity contribution in [1.29, 1.82) is 0 Å². The Labute approximate surface area is 172 Å². The largest absolute Gasteiger partial charge is 0.497 e. The summed E-state index contributed by atoms with van der Waals surface area (Å²) < 4.78 is 10.4. The molecular weight excluding hydrogens is 394 g/mol. The van der Waals surface area contributed by atoms with Gasteiger partial charge in [0, 0.05) is 10.9 Å². The zero-order valence-corrected chi connectivity index (χ0v) is 17.2. The molecule has 0 bridgehead atoms. The Morgan fingerprint density at radius 3 is 2.69 bits per heavy atom. The Balaban J connectivity index is 1.82. The Kier molecular flexibility index (Phi) is 6.84. The molecule has 29 heavy (non-hydrogen) atoms. The lowest BCUT2D eigenvalue weighted by Crippen LogP contribution is -3.16. The second kappa shape index (κ2) is 9.53. The smallest absolute Gasteiger partial charge is 0.341 e.